The van der Waals surface area contributed by atoms with E-state index >= 15 is 0 Å². The number of rotatable bonds is 2. The number of aromatic nitrogens is 2. The second kappa shape index (κ2) is 5.51. The quantitative estimate of drug-likeness (QED) is 0.730. The molecule has 0 radical (unpaired) electrons. The van der Waals surface area contributed by atoms with Crippen LogP contribution in [0.4, 0.5) is 5.69 Å². The average molecular weight is 311 g/mol. The molecule has 6 heteroatoms. The maximum Gasteiger partial charge on any atom is 0.259 e. The zero-order chi connectivity index (χ0) is 15.7. The molecule has 2 heterocycles. The SMILES string of the molecule is CN(C(=O)c1cc(C#N)c2nccn2c1)c1ccc(Cl)cc1. The first-order chi connectivity index (χ1) is 10.6. The summed E-state index contributed by atoms with van der Waals surface area (Å²) in [6.07, 6.45) is 4.96. The molecule has 0 spiro atoms. The third-order valence-corrected chi connectivity index (χ3v) is 3.63. The third-order valence-electron chi connectivity index (χ3n) is 3.37. The zero-order valence-corrected chi connectivity index (χ0v) is 12.4. The van der Waals surface area contributed by atoms with Gasteiger partial charge in [0.15, 0.2) is 5.65 Å². The van der Waals surface area contributed by atoms with Crippen molar-refractivity contribution in [1.82, 2.24) is 9.38 Å². The Morgan fingerprint density at radius 1 is 1.36 bits per heavy atom. The molecule has 0 aliphatic rings. The summed E-state index contributed by atoms with van der Waals surface area (Å²) in [7, 11) is 1.68. The summed E-state index contributed by atoms with van der Waals surface area (Å²) >= 11 is 5.86. The lowest BCUT2D eigenvalue weighted by Crippen LogP contribution is -2.26. The first-order valence-corrected chi connectivity index (χ1v) is 6.88. The highest BCUT2D eigenvalue weighted by Crippen LogP contribution is 2.20. The van der Waals surface area contributed by atoms with Gasteiger partial charge in [-0.1, -0.05) is 11.6 Å². The molecule has 0 aliphatic carbocycles. The molecule has 22 heavy (non-hydrogen) atoms. The molecule has 0 fully saturated rings. The second-order valence-corrected chi connectivity index (χ2v) is 5.19. The maximum atomic E-state index is 12.6. The van der Waals surface area contributed by atoms with Gasteiger partial charge in [-0.05, 0) is 30.3 Å². The van der Waals surface area contributed by atoms with Crippen LogP contribution >= 0.6 is 11.6 Å². The van der Waals surface area contributed by atoms with Crippen molar-refractivity contribution in [2.75, 3.05) is 11.9 Å². The Bertz CT molecular complexity index is 893. The molecular formula is C16H11ClN4O. The Hall–Kier alpha value is -2.84. The van der Waals surface area contributed by atoms with E-state index in [0.717, 1.165) is 5.69 Å². The van der Waals surface area contributed by atoms with E-state index in [1.807, 2.05) is 0 Å². The predicted molar refractivity (Wildman–Crippen MR) is 84.1 cm³/mol. The minimum Gasteiger partial charge on any atom is -0.311 e. The number of imidazole rings is 1. The molecule has 3 rings (SSSR count). The van der Waals surface area contributed by atoms with Gasteiger partial charge in [0.05, 0.1) is 11.1 Å². The van der Waals surface area contributed by atoms with E-state index in [4.69, 9.17) is 11.6 Å². The molecule has 3 aromatic rings. The normalized spacial score (nSPS) is 10.4. The van der Waals surface area contributed by atoms with Gasteiger partial charge in [-0.3, -0.25) is 4.79 Å². The number of amides is 1. The molecule has 0 N–H and O–H groups in total. The summed E-state index contributed by atoms with van der Waals surface area (Å²) in [5.74, 6) is -0.213. The van der Waals surface area contributed by atoms with Gasteiger partial charge in [0.1, 0.15) is 6.07 Å². The maximum absolute atomic E-state index is 12.6. The lowest BCUT2D eigenvalue weighted by atomic mass is 10.1. The molecule has 0 aliphatic heterocycles. The number of nitrogens with zero attached hydrogens (tertiary/aromatic N) is 4. The zero-order valence-electron chi connectivity index (χ0n) is 11.7. The van der Waals surface area contributed by atoms with Crippen LogP contribution in [0.1, 0.15) is 15.9 Å². The lowest BCUT2D eigenvalue weighted by molar-refractivity contribution is 0.0992. The van der Waals surface area contributed by atoms with Gasteiger partial charge in [0.25, 0.3) is 5.91 Å². The molecular weight excluding hydrogens is 300 g/mol. The first kappa shape index (κ1) is 14.1. The van der Waals surface area contributed by atoms with E-state index in [9.17, 15) is 10.1 Å². The van der Waals surface area contributed by atoms with E-state index in [1.165, 1.54) is 4.90 Å². The predicted octanol–water partition coefficient (Wildman–Crippen LogP) is 3.14. The molecule has 2 aromatic heterocycles. The van der Waals surface area contributed by atoms with Crippen LogP contribution in [0.5, 0.6) is 0 Å². The molecule has 0 saturated carbocycles. The first-order valence-electron chi connectivity index (χ1n) is 6.50. The number of fused-ring (bicyclic) bond motifs is 1. The van der Waals surface area contributed by atoms with Crippen LogP contribution in [0.2, 0.25) is 5.02 Å². The monoisotopic (exact) mass is 310 g/mol. The number of pyridine rings is 1. The van der Waals surface area contributed by atoms with Crippen LogP contribution < -0.4 is 4.90 Å². The highest BCUT2D eigenvalue weighted by molar-refractivity contribution is 6.30. The number of carbonyl (C=O) groups is 1. The number of nitriles is 1. The topological polar surface area (TPSA) is 61.4 Å². The van der Waals surface area contributed by atoms with E-state index < -0.39 is 0 Å². The Balaban J connectivity index is 2.01. The van der Waals surface area contributed by atoms with Crippen molar-refractivity contribution in [1.29, 1.82) is 5.26 Å². The van der Waals surface area contributed by atoms with Crippen molar-refractivity contribution >= 4 is 28.8 Å². The van der Waals surface area contributed by atoms with Gasteiger partial charge < -0.3 is 9.30 Å². The molecule has 5 nitrogen and oxygen atoms in total. The van der Waals surface area contributed by atoms with Crippen molar-refractivity contribution in [3.05, 3.63) is 65.1 Å². The van der Waals surface area contributed by atoms with Crippen molar-refractivity contribution in [3.63, 3.8) is 0 Å². The van der Waals surface area contributed by atoms with Crippen molar-refractivity contribution in [2.45, 2.75) is 0 Å². The van der Waals surface area contributed by atoms with Gasteiger partial charge in [-0.25, -0.2) is 4.98 Å². The van der Waals surface area contributed by atoms with Crippen LogP contribution in [-0.4, -0.2) is 22.3 Å². The average Bonchev–Trinajstić information content (AvgIpc) is 3.01. The smallest absolute Gasteiger partial charge is 0.259 e. The van der Waals surface area contributed by atoms with Gasteiger partial charge in [-0.15, -0.1) is 0 Å². The summed E-state index contributed by atoms with van der Waals surface area (Å²) in [6, 6.07) is 10.6. The molecule has 1 aromatic carbocycles. The summed E-state index contributed by atoms with van der Waals surface area (Å²) in [5.41, 5.74) is 2.03. The minimum absolute atomic E-state index is 0.213. The molecule has 1 amide bonds. The fourth-order valence-corrected chi connectivity index (χ4v) is 2.33. The standard InChI is InChI=1S/C16H11ClN4O/c1-20(14-4-2-13(17)3-5-14)16(22)12-8-11(9-18)15-19-6-7-21(15)10-12/h2-8,10H,1H3. The van der Waals surface area contributed by atoms with E-state index in [0.29, 0.717) is 21.8 Å². The Morgan fingerprint density at radius 2 is 2.09 bits per heavy atom. The number of carbonyl (C=O) groups excluding carboxylic acids is 1. The van der Waals surface area contributed by atoms with Crippen molar-refractivity contribution < 1.29 is 4.79 Å². The summed E-state index contributed by atoms with van der Waals surface area (Å²) < 4.78 is 1.67. The van der Waals surface area contributed by atoms with Crippen LogP contribution in [0, 0.1) is 11.3 Å². The van der Waals surface area contributed by atoms with Crippen LogP contribution in [0.3, 0.4) is 0 Å². The third kappa shape index (κ3) is 2.41. The fourth-order valence-electron chi connectivity index (χ4n) is 2.21. The Morgan fingerprint density at radius 3 is 2.77 bits per heavy atom. The van der Waals surface area contributed by atoms with E-state index in [-0.39, 0.29) is 5.91 Å². The van der Waals surface area contributed by atoms with E-state index in [1.54, 1.807) is 60.4 Å². The second-order valence-electron chi connectivity index (χ2n) is 4.75. The highest BCUT2D eigenvalue weighted by Gasteiger charge is 2.16. The Kier molecular flexibility index (Phi) is 3.53. The van der Waals surface area contributed by atoms with Gasteiger partial charge in [0, 0.05) is 36.3 Å². The lowest BCUT2D eigenvalue weighted by Gasteiger charge is -2.17. The van der Waals surface area contributed by atoms with Gasteiger partial charge >= 0.3 is 0 Å². The molecule has 108 valence electrons. The molecule has 0 saturated heterocycles. The van der Waals surface area contributed by atoms with E-state index in [2.05, 4.69) is 11.1 Å². The number of benzene rings is 1. The molecule has 0 unspecified atom stereocenters. The Labute approximate surface area is 132 Å². The molecule has 0 atom stereocenters. The van der Waals surface area contributed by atoms with Crippen LogP contribution in [0.25, 0.3) is 5.65 Å². The molecule has 0 bridgehead atoms. The van der Waals surface area contributed by atoms with Gasteiger partial charge in [0.2, 0.25) is 0 Å². The number of halogens is 1. The largest absolute Gasteiger partial charge is 0.311 e. The summed E-state index contributed by atoms with van der Waals surface area (Å²) in [6.45, 7) is 0. The number of hydrogen-bond acceptors (Lipinski definition) is 3. The highest BCUT2D eigenvalue weighted by atomic mass is 35.5. The fraction of sp³-hybridized carbons (Fsp3) is 0.0625. The van der Waals surface area contributed by atoms with Gasteiger partial charge in [-0.2, -0.15) is 5.26 Å². The number of anilines is 1. The number of hydrogen-bond donors (Lipinski definition) is 0. The minimum atomic E-state index is -0.213. The summed E-state index contributed by atoms with van der Waals surface area (Å²) in [4.78, 5) is 18.2. The summed E-state index contributed by atoms with van der Waals surface area (Å²) in [5, 5.41) is 9.81. The van der Waals surface area contributed by atoms with Crippen LogP contribution in [0.15, 0.2) is 48.9 Å². The van der Waals surface area contributed by atoms with Crippen LogP contribution in [-0.2, 0) is 0 Å². The van der Waals surface area contributed by atoms with Crippen molar-refractivity contribution in [3.8, 4) is 6.07 Å². The van der Waals surface area contributed by atoms with Crippen molar-refractivity contribution in [2.24, 2.45) is 0 Å².